The Labute approximate surface area is 161 Å². The summed E-state index contributed by atoms with van der Waals surface area (Å²) in [4.78, 5) is 33.6. The fourth-order valence-corrected chi connectivity index (χ4v) is 1.92. The first kappa shape index (κ1) is 24.1. The van der Waals surface area contributed by atoms with Crippen molar-refractivity contribution in [3.63, 3.8) is 0 Å². The van der Waals surface area contributed by atoms with E-state index in [1.807, 2.05) is 13.8 Å². The number of amides is 2. The van der Waals surface area contributed by atoms with Crippen molar-refractivity contribution in [3.8, 4) is 0 Å². The van der Waals surface area contributed by atoms with Gasteiger partial charge in [0.15, 0.2) is 0 Å². The molecule has 1 aromatic rings. The number of rotatable bonds is 2. The van der Waals surface area contributed by atoms with Gasteiger partial charge in [0.25, 0.3) is 0 Å². The van der Waals surface area contributed by atoms with Crippen LogP contribution < -0.4 is 0 Å². The van der Waals surface area contributed by atoms with Crippen molar-refractivity contribution in [2.45, 2.75) is 80.1 Å². The number of carbonyl (C=O) groups is 2. The molecule has 0 radical (unpaired) electrons. The molecule has 1 aromatic heterocycles. The maximum absolute atomic E-state index is 12.4. The fourth-order valence-electron chi connectivity index (χ4n) is 1.68. The lowest BCUT2D eigenvalue weighted by atomic mass is 10.2. The van der Waals surface area contributed by atoms with E-state index in [0.29, 0.717) is 11.4 Å². The van der Waals surface area contributed by atoms with Gasteiger partial charge in [-0.05, 0) is 66.1 Å². The van der Waals surface area contributed by atoms with E-state index in [2.05, 4.69) is 9.97 Å². The van der Waals surface area contributed by atoms with Gasteiger partial charge in [-0.2, -0.15) is 0 Å². The number of imide groups is 1. The minimum atomic E-state index is -0.816. The third-order valence-electron chi connectivity index (χ3n) is 2.43. The Morgan fingerprint density at radius 2 is 1.42 bits per heavy atom. The highest BCUT2D eigenvalue weighted by molar-refractivity contribution is 6.28. The lowest BCUT2D eigenvalue weighted by Gasteiger charge is -2.28. The third kappa shape index (κ3) is 9.56. The minimum absolute atomic E-state index is 0.0401. The van der Waals surface area contributed by atoms with E-state index in [-0.39, 0.29) is 11.8 Å². The summed E-state index contributed by atoms with van der Waals surface area (Å²) in [6.07, 6.45) is -1.63. The van der Waals surface area contributed by atoms with Gasteiger partial charge < -0.3 is 9.47 Å². The molecule has 0 fully saturated rings. The highest BCUT2D eigenvalue weighted by atomic mass is 35.5. The summed E-state index contributed by atoms with van der Waals surface area (Å²) in [6, 6.07) is 1.63. The molecule has 0 unspecified atom stereocenters. The smallest absolute Gasteiger partial charge is 0.420 e. The van der Waals surface area contributed by atoms with Gasteiger partial charge in [-0.15, -0.1) is 0 Å². The standard InChI is InChI=1S/C16H24ClN3O4.C2H6/c1-10-8-11(19-12(17)18-10)9-20(13(21)23-15(2,3)4)14(22)24-16(5,6)7;1-2/h8H,9H2,1-7H3;1-2H3. The average molecular weight is 388 g/mol. The van der Waals surface area contributed by atoms with Crippen LogP contribution in [0, 0.1) is 6.92 Å². The molecule has 0 aromatic carbocycles. The number of hydrogen-bond donors (Lipinski definition) is 0. The fraction of sp³-hybridized carbons (Fsp3) is 0.667. The molecule has 0 spiro atoms. The van der Waals surface area contributed by atoms with Crippen LogP contribution >= 0.6 is 11.6 Å². The molecule has 8 heteroatoms. The Bertz CT molecular complexity index is 574. The second kappa shape index (κ2) is 9.71. The number of hydrogen-bond acceptors (Lipinski definition) is 6. The number of halogens is 1. The second-order valence-electron chi connectivity index (χ2n) is 7.32. The molecule has 0 bridgehead atoms. The van der Waals surface area contributed by atoms with E-state index in [0.717, 1.165) is 4.90 Å². The molecule has 148 valence electrons. The van der Waals surface area contributed by atoms with Gasteiger partial charge in [-0.25, -0.2) is 24.5 Å². The first-order chi connectivity index (χ1) is 11.8. The van der Waals surface area contributed by atoms with E-state index in [1.54, 1.807) is 54.5 Å². The van der Waals surface area contributed by atoms with Crippen molar-refractivity contribution >= 4 is 23.8 Å². The van der Waals surface area contributed by atoms with Gasteiger partial charge in [-0.1, -0.05) is 13.8 Å². The zero-order chi connectivity index (χ0) is 20.7. The largest absolute Gasteiger partial charge is 0.443 e. The Morgan fingerprint density at radius 1 is 1.00 bits per heavy atom. The number of carbonyl (C=O) groups excluding carboxylic acids is 2. The van der Waals surface area contributed by atoms with Gasteiger partial charge in [0, 0.05) is 5.69 Å². The second-order valence-corrected chi connectivity index (χ2v) is 7.65. The first-order valence-electron chi connectivity index (χ1n) is 8.50. The topological polar surface area (TPSA) is 81.6 Å². The number of aryl methyl sites for hydroxylation is 1. The van der Waals surface area contributed by atoms with Crippen LogP contribution in [-0.2, 0) is 16.0 Å². The van der Waals surface area contributed by atoms with Gasteiger partial charge in [0.1, 0.15) is 11.2 Å². The summed E-state index contributed by atoms with van der Waals surface area (Å²) in [6.45, 7) is 15.9. The number of nitrogens with zero attached hydrogens (tertiary/aromatic N) is 3. The molecule has 7 nitrogen and oxygen atoms in total. The van der Waals surface area contributed by atoms with E-state index in [9.17, 15) is 9.59 Å². The molecule has 0 saturated carbocycles. The lowest BCUT2D eigenvalue weighted by Crippen LogP contribution is -2.43. The Morgan fingerprint density at radius 3 is 1.77 bits per heavy atom. The molecule has 0 aliphatic heterocycles. The average Bonchev–Trinajstić information content (AvgIpc) is 2.42. The van der Waals surface area contributed by atoms with Crippen molar-refractivity contribution in [2.75, 3.05) is 0 Å². The summed E-state index contributed by atoms with van der Waals surface area (Å²) in [5.41, 5.74) is -0.477. The SMILES string of the molecule is CC.Cc1cc(CN(C(=O)OC(C)(C)C)C(=O)OC(C)(C)C)nc(Cl)n1. The monoisotopic (exact) mass is 387 g/mol. The molecule has 1 heterocycles. The predicted octanol–water partition coefficient (Wildman–Crippen LogP) is 5.14. The van der Waals surface area contributed by atoms with Crippen molar-refractivity contribution in [2.24, 2.45) is 0 Å². The van der Waals surface area contributed by atoms with Crippen LogP contribution in [0.25, 0.3) is 0 Å². The minimum Gasteiger partial charge on any atom is -0.443 e. The van der Waals surface area contributed by atoms with Crippen molar-refractivity contribution < 1.29 is 19.1 Å². The van der Waals surface area contributed by atoms with Crippen LogP contribution in [0.3, 0.4) is 0 Å². The molecular formula is C18H30ClN3O4. The molecule has 0 aliphatic rings. The van der Waals surface area contributed by atoms with Crippen LogP contribution in [0.4, 0.5) is 9.59 Å². The molecule has 0 aliphatic carbocycles. The molecule has 0 saturated heterocycles. The summed E-state index contributed by atoms with van der Waals surface area (Å²) in [5, 5.41) is 0.0401. The lowest BCUT2D eigenvalue weighted by molar-refractivity contribution is -0.000494. The molecule has 0 N–H and O–H groups in total. The summed E-state index contributed by atoms with van der Waals surface area (Å²) >= 11 is 5.83. The van der Waals surface area contributed by atoms with Gasteiger partial charge in [0.05, 0.1) is 12.2 Å². The Hall–Kier alpha value is -1.89. The third-order valence-corrected chi connectivity index (χ3v) is 2.60. The van der Waals surface area contributed by atoms with Gasteiger partial charge >= 0.3 is 12.2 Å². The zero-order valence-electron chi connectivity index (χ0n) is 17.1. The molecule has 1 rings (SSSR count). The summed E-state index contributed by atoms with van der Waals surface area (Å²) < 4.78 is 10.6. The molecular weight excluding hydrogens is 358 g/mol. The van der Waals surface area contributed by atoms with E-state index >= 15 is 0 Å². The molecule has 26 heavy (non-hydrogen) atoms. The number of aromatic nitrogens is 2. The summed E-state index contributed by atoms with van der Waals surface area (Å²) in [7, 11) is 0. The van der Waals surface area contributed by atoms with Crippen LogP contribution in [0.5, 0.6) is 0 Å². The number of ether oxygens (including phenoxy) is 2. The molecule has 0 atom stereocenters. The maximum Gasteiger partial charge on any atom is 0.420 e. The van der Waals surface area contributed by atoms with Gasteiger partial charge in [-0.3, -0.25) is 0 Å². The van der Waals surface area contributed by atoms with Crippen LogP contribution in [0.1, 0.15) is 66.8 Å². The van der Waals surface area contributed by atoms with E-state index in [1.165, 1.54) is 0 Å². The quantitative estimate of drug-likeness (QED) is 0.653. The maximum atomic E-state index is 12.4. The van der Waals surface area contributed by atoms with Gasteiger partial charge in [0.2, 0.25) is 5.28 Å². The van der Waals surface area contributed by atoms with E-state index < -0.39 is 23.4 Å². The zero-order valence-corrected chi connectivity index (χ0v) is 17.9. The Balaban J connectivity index is 0.00000301. The van der Waals surface area contributed by atoms with Crippen molar-refractivity contribution in [1.82, 2.24) is 14.9 Å². The normalized spacial score (nSPS) is 11.2. The first-order valence-corrected chi connectivity index (χ1v) is 8.88. The Kier molecular flexibility index (Phi) is 9.00. The summed E-state index contributed by atoms with van der Waals surface area (Å²) in [5.74, 6) is 0. The van der Waals surface area contributed by atoms with Crippen LogP contribution in [0.15, 0.2) is 6.07 Å². The predicted molar refractivity (Wildman–Crippen MR) is 101 cm³/mol. The van der Waals surface area contributed by atoms with E-state index in [4.69, 9.17) is 21.1 Å². The molecule has 2 amide bonds. The van der Waals surface area contributed by atoms with Crippen LogP contribution in [0.2, 0.25) is 5.28 Å². The van der Waals surface area contributed by atoms with Crippen molar-refractivity contribution in [3.05, 3.63) is 22.7 Å². The van der Waals surface area contributed by atoms with Crippen LogP contribution in [-0.4, -0.2) is 38.3 Å². The highest BCUT2D eigenvalue weighted by Crippen LogP contribution is 2.17. The van der Waals surface area contributed by atoms with Crippen molar-refractivity contribution in [1.29, 1.82) is 0 Å². The highest BCUT2D eigenvalue weighted by Gasteiger charge is 2.31.